The molecule has 2 unspecified atom stereocenters. The quantitative estimate of drug-likeness (QED) is 0.847. The third-order valence-electron chi connectivity index (χ3n) is 3.83. The van der Waals surface area contributed by atoms with Crippen molar-refractivity contribution in [3.63, 3.8) is 0 Å². The summed E-state index contributed by atoms with van der Waals surface area (Å²) in [4.78, 5) is 0.348. The molecule has 112 valence electrons. The average Bonchev–Trinajstić information content (AvgIpc) is 3.07. The van der Waals surface area contributed by atoms with Gasteiger partial charge in [0, 0.05) is 24.6 Å². The van der Waals surface area contributed by atoms with E-state index in [0.29, 0.717) is 34.3 Å². The van der Waals surface area contributed by atoms with E-state index in [0.717, 1.165) is 12.0 Å². The third-order valence-corrected chi connectivity index (χ3v) is 6.65. The van der Waals surface area contributed by atoms with Gasteiger partial charge in [-0.3, -0.25) is 0 Å². The van der Waals surface area contributed by atoms with E-state index in [1.807, 2.05) is 13.1 Å². The van der Waals surface area contributed by atoms with Crippen LogP contribution in [0.2, 0.25) is 0 Å². The maximum atomic E-state index is 12.7. The van der Waals surface area contributed by atoms with Gasteiger partial charge < -0.3 is 5.32 Å². The lowest BCUT2D eigenvalue weighted by atomic mass is 10.2. The van der Waals surface area contributed by atoms with Crippen molar-refractivity contribution >= 4 is 26.0 Å². The Hall–Kier alpha value is -0.430. The molecule has 0 spiro atoms. The van der Waals surface area contributed by atoms with Gasteiger partial charge in [-0.1, -0.05) is 13.0 Å². The minimum Gasteiger partial charge on any atom is -0.316 e. The number of sulfonamides is 1. The Balaban J connectivity index is 2.25. The highest BCUT2D eigenvalue weighted by atomic mass is 79.9. The average molecular weight is 361 g/mol. The fourth-order valence-corrected chi connectivity index (χ4v) is 4.51. The van der Waals surface area contributed by atoms with Crippen molar-refractivity contribution in [1.82, 2.24) is 9.62 Å². The van der Waals surface area contributed by atoms with E-state index in [-0.39, 0.29) is 0 Å². The van der Waals surface area contributed by atoms with Crippen molar-refractivity contribution in [3.8, 4) is 0 Å². The van der Waals surface area contributed by atoms with E-state index in [4.69, 9.17) is 0 Å². The van der Waals surface area contributed by atoms with E-state index in [1.54, 1.807) is 19.2 Å². The zero-order valence-electron chi connectivity index (χ0n) is 12.1. The van der Waals surface area contributed by atoms with Crippen molar-refractivity contribution in [2.24, 2.45) is 11.8 Å². The lowest BCUT2D eigenvalue weighted by Crippen LogP contribution is -2.29. The molecule has 2 rings (SSSR count). The van der Waals surface area contributed by atoms with Gasteiger partial charge in [0.15, 0.2) is 0 Å². The summed E-state index contributed by atoms with van der Waals surface area (Å²) < 4.78 is 27.4. The van der Waals surface area contributed by atoms with Crippen LogP contribution in [0.1, 0.15) is 18.9 Å². The summed E-state index contributed by atoms with van der Waals surface area (Å²) in [6, 6.07) is 5.46. The smallest absolute Gasteiger partial charge is 0.243 e. The van der Waals surface area contributed by atoms with E-state index >= 15 is 0 Å². The van der Waals surface area contributed by atoms with Gasteiger partial charge in [0.25, 0.3) is 0 Å². The third kappa shape index (κ3) is 3.42. The highest BCUT2D eigenvalue weighted by Gasteiger charge is 2.36. The summed E-state index contributed by atoms with van der Waals surface area (Å²) in [5.41, 5.74) is 0.961. The highest BCUT2D eigenvalue weighted by molar-refractivity contribution is 9.10. The normalized spacial score (nSPS) is 22.2. The molecule has 0 heterocycles. The first kappa shape index (κ1) is 15.9. The first-order valence-electron chi connectivity index (χ1n) is 6.75. The zero-order valence-corrected chi connectivity index (χ0v) is 14.5. The molecule has 1 aliphatic rings. The van der Waals surface area contributed by atoms with Gasteiger partial charge in [-0.2, -0.15) is 0 Å². The maximum Gasteiger partial charge on any atom is 0.243 e. The van der Waals surface area contributed by atoms with Crippen LogP contribution >= 0.6 is 15.9 Å². The summed E-state index contributed by atoms with van der Waals surface area (Å²) in [5, 5.41) is 3.04. The lowest BCUT2D eigenvalue weighted by molar-refractivity contribution is 0.444. The number of benzene rings is 1. The monoisotopic (exact) mass is 360 g/mol. The Kier molecular flexibility index (Phi) is 4.89. The molecule has 20 heavy (non-hydrogen) atoms. The van der Waals surface area contributed by atoms with Crippen LogP contribution in [0.3, 0.4) is 0 Å². The molecule has 1 aromatic rings. The van der Waals surface area contributed by atoms with Gasteiger partial charge in [-0.15, -0.1) is 0 Å². The SMILES string of the molecule is CNCc1ccc(Br)c(S(=O)(=O)N(C)CC2CC2C)c1. The van der Waals surface area contributed by atoms with E-state index in [2.05, 4.69) is 28.2 Å². The minimum absolute atomic E-state index is 0.348. The molecule has 4 nitrogen and oxygen atoms in total. The molecule has 0 aliphatic heterocycles. The predicted octanol–water partition coefficient (Wildman–Crippen LogP) is 2.45. The fraction of sp³-hybridized carbons (Fsp3) is 0.571. The van der Waals surface area contributed by atoms with Crippen LogP contribution in [0.15, 0.2) is 27.6 Å². The van der Waals surface area contributed by atoms with Crippen LogP contribution in [0.5, 0.6) is 0 Å². The minimum atomic E-state index is -3.43. The number of nitrogens with zero attached hydrogens (tertiary/aromatic N) is 1. The number of rotatable bonds is 6. The van der Waals surface area contributed by atoms with Gasteiger partial charge in [0.05, 0.1) is 4.90 Å². The topological polar surface area (TPSA) is 49.4 Å². The molecule has 0 aromatic heterocycles. The van der Waals surface area contributed by atoms with Crippen LogP contribution in [0.25, 0.3) is 0 Å². The molecule has 0 saturated heterocycles. The molecular weight excluding hydrogens is 340 g/mol. The van der Waals surface area contributed by atoms with Gasteiger partial charge in [0.1, 0.15) is 0 Å². The molecular formula is C14H21BrN2O2S. The van der Waals surface area contributed by atoms with Gasteiger partial charge >= 0.3 is 0 Å². The summed E-state index contributed by atoms with van der Waals surface area (Å²) in [7, 11) is 0.0780. The van der Waals surface area contributed by atoms with Crippen molar-refractivity contribution in [2.45, 2.75) is 24.8 Å². The van der Waals surface area contributed by atoms with Crippen LogP contribution < -0.4 is 5.32 Å². The Morgan fingerprint density at radius 3 is 2.65 bits per heavy atom. The summed E-state index contributed by atoms with van der Waals surface area (Å²) in [5.74, 6) is 1.15. The molecule has 1 aliphatic carbocycles. The Morgan fingerprint density at radius 2 is 2.10 bits per heavy atom. The molecule has 0 radical (unpaired) electrons. The second-order valence-electron chi connectivity index (χ2n) is 5.55. The first-order chi connectivity index (χ1) is 9.36. The van der Waals surface area contributed by atoms with Crippen LogP contribution in [-0.2, 0) is 16.6 Å². The Labute approximate surface area is 129 Å². The van der Waals surface area contributed by atoms with Crippen molar-refractivity contribution in [3.05, 3.63) is 28.2 Å². The van der Waals surface area contributed by atoms with Crippen molar-refractivity contribution in [2.75, 3.05) is 20.6 Å². The van der Waals surface area contributed by atoms with Crippen LogP contribution in [0.4, 0.5) is 0 Å². The summed E-state index contributed by atoms with van der Waals surface area (Å²) in [6.07, 6.45) is 1.13. The first-order valence-corrected chi connectivity index (χ1v) is 8.99. The molecule has 1 aromatic carbocycles. The van der Waals surface area contributed by atoms with Gasteiger partial charge in [0.2, 0.25) is 10.0 Å². The molecule has 1 saturated carbocycles. The molecule has 0 bridgehead atoms. The van der Waals surface area contributed by atoms with Crippen molar-refractivity contribution < 1.29 is 8.42 Å². The molecule has 2 atom stereocenters. The second kappa shape index (κ2) is 6.13. The maximum absolute atomic E-state index is 12.7. The van der Waals surface area contributed by atoms with Gasteiger partial charge in [-0.05, 0) is 58.9 Å². The predicted molar refractivity (Wildman–Crippen MR) is 84.0 cm³/mol. The van der Waals surface area contributed by atoms with Crippen molar-refractivity contribution in [1.29, 1.82) is 0 Å². The summed E-state index contributed by atoms with van der Waals surface area (Å²) in [6.45, 7) is 3.42. The second-order valence-corrected chi connectivity index (χ2v) is 8.42. The van der Waals surface area contributed by atoms with E-state index < -0.39 is 10.0 Å². The largest absolute Gasteiger partial charge is 0.316 e. The number of nitrogens with one attached hydrogen (secondary N) is 1. The molecule has 6 heteroatoms. The number of hydrogen-bond acceptors (Lipinski definition) is 3. The molecule has 1 N–H and O–H groups in total. The highest BCUT2D eigenvalue weighted by Crippen LogP contribution is 2.39. The van der Waals surface area contributed by atoms with Gasteiger partial charge in [-0.25, -0.2) is 12.7 Å². The fourth-order valence-electron chi connectivity index (χ4n) is 2.31. The number of hydrogen-bond donors (Lipinski definition) is 1. The van der Waals surface area contributed by atoms with E-state index in [1.165, 1.54) is 4.31 Å². The Bertz CT molecular complexity index is 589. The van der Waals surface area contributed by atoms with E-state index in [9.17, 15) is 8.42 Å². The molecule has 1 fully saturated rings. The lowest BCUT2D eigenvalue weighted by Gasteiger charge is -2.18. The Morgan fingerprint density at radius 1 is 1.45 bits per heavy atom. The number of halogens is 1. The molecule has 0 amide bonds. The summed E-state index contributed by atoms with van der Waals surface area (Å²) >= 11 is 3.35. The standard InChI is InChI=1S/C14H21BrN2O2S/c1-10-6-12(10)9-17(3)20(18,19)14-7-11(8-16-2)4-5-13(14)15/h4-5,7,10,12,16H,6,8-9H2,1-3H3. The zero-order chi connectivity index (χ0) is 14.9. The van der Waals surface area contributed by atoms with Crippen LogP contribution in [-0.4, -0.2) is 33.4 Å². The van der Waals surface area contributed by atoms with Crippen LogP contribution in [0, 0.1) is 11.8 Å².